The molecule has 0 fully saturated rings. The number of benzene rings is 1. The highest BCUT2D eigenvalue weighted by atomic mass is 16.5. The second-order valence-corrected chi connectivity index (χ2v) is 6.72. The SMILES string of the molecule is CC(C)(C)c1ccc(C#N)c(=O)n1CCCOc1ccc(N)cc1. The molecule has 5 nitrogen and oxygen atoms in total. The van der Waals surface area contributed by atoms with E-state index >= 15 is 0 Å². The van der Waals surface area contributed by atoms with Gasteiger partial charge in [0.25, 0.3) is 5.56 Å². The Morgan fingerprint density at radius 1 is 1.17 bits per heavy atom. The zero-order valence-corrected chi connectivity index (χ0v) is 14.4. The lowest BCUT2D eigenvalue weighted by Crippen LogP contribution is -2.31. The first-order chi connectivity index (χ1) is 11.3. The Hall–Kier alpha value is -2.74. The number of pyridine rings is 1. The number of hydrogen-bond donors (Lipinski definition) is 1. The molecule has 0 saturated heterocycles. The Labute approximate surface area is 142 Å². The molecule has 0 spiro atoms. The summed E-state index contributed by atoms with van der Waals surface area (Å²) in [5.41, 5.74) is 7.00. The minimum Gasteiger partial charge on any atom is -0.494 e. The summed E-state index contributed by atoms with van der Waals surface area (Å²) in [5.74, 6) is 0.748. The number of nitrogens with two attached hydrogens (primary N) is 1. The van der Waals surface area contributed by atoms with Gasteiger partial charge in [-0.2, -0.15) is 5.26 Å². The zero-order chi connectivity index (χ0) is 17.7. The highest BCUT2D eigenvalue weighted by molar-refractivity contribution is 5.41. The van der Waals surface area contributed by atoms with Crippen molar-refractivity contribution >= 4 is 5.69 Å². The molecule has 0 radical (unpaired) electrons. The number of ether oxygens (including phenoxy) is 1. The summed E-state index contributed by atoms with van der Waals surface area (Å²) in [4.78, 5) is 12.5. The van der Waals surface area contributed by atoms with Gasteiger partial charge < -0.3 is 15.0 Å². The summed E-state index contributed by atoms with van der Waals surface area (Å²) >= 11 is 0. The standard InChI is InChI=1S/C19H23N3O2/c1-19(2,3)17-10-5-14(13-20)18(23)22(17)11-4-12-24-16-8-6-15(21)7-9-16/h5-10H,4,11-12,21H2,1-3H3. The smallest absolute Gasteiger partial charge is 0.268 e. The predicted octanol–water partition coefficient (Wildman–Crippen LogP) is 3.07. The number of aromatic nitrogens is 1. The lowest BCUT2D eigenvalue weighted by molar-refractivity contribution is 0.298. The maximum absolute atomic E-state index is 12.5. The van der Waals surface area contributed by atoms with Gasteiger partial charge in [0.2, 0.25) is 0 Å². The first-order valence-electron chi connectivity index (χ1n) is 7.95. The Morgan fingerprint density at radius 3 is 2.42 bits per heavy atom. The van der Waals surface area contributed by atoms with Crippen molar-refractivity contribution in [3.63, 3.8) is 0 Å². The van der Waals surface area contributed by atoms with E-state index in [0.29, 0.717) is 25.3 Å². The average Bonchev–Trinajstić information content (AvgIpc) is 2.53. The normalized spacial score (nSPS) is 11.1. The minimum absolute atomic E-state index is 0.169. The van der Waals surface area contributed by atoms with E-state index < -0.39 is 0 Å². The Morgan fingerprint density at radius 2 is 1.83 bits per heavy atom. The molecule has 0 bridgehead atoms. The monoisotopic (exact) mass is 325 g/mol. The van der Waals surface area contributed by atoms with Gasteiger partial charge in [0.05, 0.1) is 6.61 Å². The topological polar surface area (TPSA) is 81.0 Å². The number of nitriles is 1. The second-order valence-electron chi connectivity index (χ2n) is 6.72. The third-order valence-corrected chi connectivity index (χ3v) is 3.74. The minimum atomic E-state index is -0.239. The highest BCUT2D eigenvalue weighted by Gasteiger charge is 2.20. The molecule has 24 heavy (non-hydrogen) atoms. The van der Waals surface area contributed by atoms with Crippen molar-refractivity contribution in [1.29, 1.82) is 5.26 Å². The molecular weight excluding hydrogens is 302 g/mol. The molecule has 0 atom stereocenters. The van der Waals surface area contributed by atoms with Crippen molar-refractivity contribution < 1.29 is 4.74 Å². The number of nitrogens with zero attached hydrogens (tertiary/aromatic N) is 2. The molecule has 0 aliphatic heterocycles. The van der Waals surface area contributed by atoms with E-state index in [1.807, 2.05) is 24.3 Å². The molecule has 0 unspecified atom stereocenters. The molecule has 5 heteroatoms. The molecule has 2 aromatic rings. The van der Waals surface area contributed by atoms with Crippen LogP contribution in [0.25, 0.3) is 0 Å². The zero-order valence-electron chi connectivity index (χ0n) is 14.4. The molecule has 1 heterocycles. The Balaban J connectivity index is 2.10. The van der Waals surface area contributed by atoms with Gasteiger partial charge in [-0.3, -0.25) is 4.79 Å². The van der Waals surface area contributed by atoms with Crippen molar-refractivity contribution in [2.24, 2.45) is 0 Å². The van der Waals surface area contributed by atoms with E-state index in [2.05, 4.69) is 20.8 Å². The summed E-state index contributed by atoms with van der Waals surface area (Å²) in [6.07, 6.45) is 0.669. The summed E-state index contributed by atoms with van der Waals surface area (Å²) in [7, 11) is 0. The lowest BCUT2D eigenvalue weighted by atomic mass is 9.90. The Bertz CT molecular complexity index is 793. The average molecular weight is 325 g/mol. The molecule has 2 N–H and O–H groups in total. The van der Waals surface area contributed by atoms with Crippen LogP contribution in [0.2, 0.25) is 0 Å². The molecular formula is C19H23N3O2. The summed E-state index contributed by atoms with van der Waals surface area (Å²) in [5, 5.41) is 9.08. The van der Waals surface area contributed by atoms with Gasteiger partial charge in [-0.05, 0) is 42.8 Å². The van der Waals surface area contributed by atoms with Crippen LogP contribution in [0.4, 0.5) is 5.69 Å². The van der Waals surface area contributed by atoms with Gasteiger partial charge in [0.15, 0.2) is 0 Å². The summed E-state index contributed by atoms with van der Waals surface area (Å²) < 4.78 is 7.35. The first-order valence-corrected chi connectivity index (χ1v) is 7.95. The van der Waals surface area contributed by atoms with Gasteiger partial charge in [-0.15, -0.1) is 0 Å². The van der Waals surface area contributed by atoms with E-state index in [9.17, 15) is 4.79 Å². The predicted molar refractivity (Wildman–Crippen MR) is 95.1 cm³/mol. The first kappa shape index (κ1) is 17.6. The van der Waals surface area contributed by atoms with Crippen LogP contribution in [-0.4, -0.2) is 11.2 Å². The van der Waals surface area contributed by atoms with Crippen molar-refractivity contribution in [2.75, 3.05) is 12.3 Å². The fraction of sp³-hybridized carbons (Fsp3) is 0.368. The summed E-state index contributed by atoms with van der Waals surface area (Å²) in [6, 6.07) is 12.6. The fourth-order valence-corrected chi connectivity index (χ4v) is 2.52. The van der Waals surface area contributed by atoms with Gasteiger partial charge in [0, 0.05) is 23.3 Å². The fourth-order valence-electron chi connectivity index (χ4n) is 2.52. The number of nitrogen functional groups attached to an aromatic ring is 1. The van der Waals surface area contributed by atoms with Gasteiger partial charge in [0.1, 0.15) is 17.4 Å². The largest absolute Gasteiger partial charge is 0.494 e. The van der Waals surface area contributed by atoms with E-state index in [0.717, 1.165) is 11.4 Å². The van der Waals surface area contributed by atoms with Crippen molar-refractivity contribution in [1.82, 2.24) is 4.57 Å². The number of hydrogen-bond acceptors (Lipinski definition) is 4. The molecule has 126 valence electrons. The van der Waals surface area contributed by atoms with E-state index in [1.165, 1.54) is 0 Å². The van der Waals surface area contributed by atoms with Crippen LogP contribution in [0.1, 0.15) is 38.4 Å². The number of anilines is 1. The molecule has 0 aliphatic carbocycles. The molecule has 0 saturated carbocycles. The lowest BCUT2D eigenvalue weighted by Gasteiger charge is -2.24. The number of rotatable bonds is 5. The molecule has 0 aliphatic rings. The maximum Gasteiger partial charge on any atom is 0.268 e. The van der Waals surface area contributed by atoms with Crippen LogP contribution in [0.5, 0.6) is 5.75 Å². The quantitative estimate of drug-likeness (QED) is 0.676. The molecule has 1 aromatic carbocycles. The Kier molecular flexibility index (Phi) is 5.30. The van der Waals surface area contributed by atoms with Gasteiger partial charge in [-0.1, -0.05) is 20.8 Å². The molecule has 2 rings (SSSR count). The van der Waals surface area contributed by atoms with E-state index in [-0.39, 0.29) is 16.5 Å². The van der Waals surface area contributed by atoms with E-state index in [1.54, 1.807) is 22.8 Å². The highest BCUT2D eigenvalue weighted by Crippen LogP contribution is 2.21. The third kappa shape index (κ3) is 4.17. The second kappa shape index (κ2) is 7.22. The van der Waals surface area contributed by atoms with Gasteiger partial charge >= 0.3 is 0 Å². The molecule has 1 aromatic heterocycles. The maximum atomic E-state index is 12.5. The van der Waals surface area contributed by atoms with Crippen molar-refractivity contribution in [3.8, 4) is 11.8 Å². The van der Waals surface area contributed by atoms with Crippen molar-refractivity contribution in [3.05, 3.63) is 58.0 Å². The van der Waals surface area contributed by atoms with Crippen LogP contribution in [-0.2, 0) is 12.0 Å². The van der Waals surface area contributed by atoms with Crippen LogP contribution >= 0.6 is 0 Å². The molecule has 0 amide bonds. The van der Waals surface area contributed by atoms with Crippen LogP contribution < -0.4 is 16.0 Å². The van der Waals surface area contributed by atoms with Crippen LogP contribution in [0, 0.1) is 11.3 Å². The third-order valence-electron chi connectivity index (χ3n) is 3.74. The van der Waals surface area contributed by atoms with Crippen LogP contribution in [0.15, 0.2) is 41.2 Å². The van der Waals surface area contributed by atoms with Crippen molar-refractivity contribution in [2.45, 2.75) is 39.2 Å². The van der Waals surface area contributed by atoms with Gasteiger partial charge in [-0.25, -0.2) is 0 Å². The van der Waals surface area contributed by atoms with E-state index in [4.69, 9.17) is 15.7 Å². The van der Waals surface area contributed by atoms with Crippen LogP contribution in [0.3, 0.4) is 0 Å². The summed E-state index contributed by atoms with van der Waals surface area (Å²) in [6.45, 7) is 7.15.